The molecule has 0 radical (unpaired) electrons. The fourth-order valence-corrected chi connectivity index (χ4v) is 2.82. The van der Waals surface area contributed by atoms with Crippen LogP contribution in [-0.4, -0.2) is 27.7 Å². The Kier molecular flexibility index (Phi) is 3.89. The van der Waals surface area contributed by atoms with E-state index in [4.69, 9.17) is 4.42 Å². The van der Waals surface area contributed by atoms with E-state index in [0.717, 1.165) is 12.0 Å². The number of benzene rings is 2. The molecule has 0 saturated carbocycles. The van der Waals surface area contributed by atoms with Gasteiger partial charge in [0.2, 0.25) is 5.89 Å². The first-order valence-electron chi connectivity index (χ1n) is 7.91. The molecule has 0 aliphatic carbocycles. The number of carbonyl (C=O) groups is 1. The summed E-state index contributed by atoms with van der Waals surface area (Å²) >= 11 is 0. The number of anilines is 1. The number of hydrogen-bond acceptors (Lipinski definition) is 4. The molecule has 1 aliphatic heterocycles. The molecule has 0 fully saturated rings. The molecule has 0 spiro atoms. The second kappa shape index (κ2) is 6.35. The van der Waals surface area contributed by atoms with E-state index in [0.29, 0.717) is 18.7 Å². The highest BCUT2D eigenvalue weighted by Crippen LogP contribution is 2.22. The number of fused-ring (bicyclic) bond motifs is 1. The van der Waals surface area contributed by atoms with Crippen molar-refractivity contribution in [3.05, 3.63) is 65.5 Å². The number of amides is 2. The van der Waals surface area contributed by atoms with Gasteiger partial charge in [-0.1, -0.05) is 29.4 Å². The van der Waals surface area contributed by atoms with Crippen molar-refractivity contribution in [3.8, 4) is 11.5 Å². The average molecular weight is 338 g/mol. The third-order valence-electron chi connectivity index (χ3n) is 4.15. The molecule has 126 valence electrons. The maximum atomic E-state index is 13.0. The first-order chi connectivity index (χ1) is 12.2. The number of rotatable bonds is 2. The molecule has 3 aromatic rings. The molecule has 4 rings (SSSR count). The molecular weight excluding hydrogens is 323 g/mol. The second-order valence-corrected chi connectivity index (χ2v) is 5.79. The first kappa shape index (κ1) is 15.3. The number of halogens is 1. The summed E-state index contributed by atoms with van der Waals surface area (Å²) in [4.78, 5) is 14.1. The van der Waals surface area contributed by atoms with Crippen LogP contribution in [-0.2, 0) is 13.0 Å². The van der Waals surface area contributed by atoms with Gasteiger partial charge in [-0.25, -0.2) is 9.18 Å². The third-order valence-corrected chi connectivity index (χ3v) is 4.15. The fourth-order valence-electron chi connectivity index (χ4n) is 2.82. The minimum atomic E-state index is -0.345. The Bertz CT molecular complexity index is 907. The molecule has 0 unspecified atom stereocenters. The Morgan fingerprint density at radius 1 is 1.08 bits per heavy atom. The first-order valence-corrected chi connectivity index (χ1v) is 7.91. The van der Waals surface area contributed by atoms with Gasteiger partial charge < -0.3 is 9.32 Å². The van der Waals surface area contributed by atoms with Gasteiger partial charge in [-0.05, 0) is 41.8 Å². The summed E-state index contributed by atoms with van der Waals surface area (Å²) in [6.45, 7) is 1.17. The summed E-state index contributed by atoms with van der Waals surface area (Å²) in [6, 6.07) is 13.5. The number of aromatic nitrogens is 2. The molecule has 2 aromatic carbocycles. The maximum Gasteiger partial charge on any atom is 0.325 e. The van der Waals surface area contributed by atoms with Gasteiger partial charge in [-0.3, -0.25) is 5.32 Å². The molecule has 1 aromatic heterocycles. The van der Waals surface area contributed by atoms with E-state index in [9.17, 15) is 9.18 Å². The highest BCUT2D eigenvalue weighted by Gasteiger charge is 2.22. The number of urea groups is 1. The number of hydrogen-bond donors (Lipinski definition) is 1. The predicted molar refractivity (Wildman–Crippen MR) is 89.3 cm³/mol. The second-order valence-electron chi connectivity index (χ2n) is 5.79. The van der Waals surface area contributed by atoms with Gasteiger partial charge in [0.05, 0.1) is 0 Å². The van der Waals surface area contributed by atoms with E-state index in [2.05, 4.69) is 21.6 Å². The lowest BCUT2D eigenvalue weighted by Crippen LogP contribution is -2.38. The Morgan fingerprint density at radius 3 is 2.64 bits per heavy atom. The van der Waals surface area contributed by atoms with Crippen molar-refractivity contribution >= 4 is 12.0 Å². The summed E-state index contributed by atoms with van der Waals surface area (Å²) in [5, 5.41) is 10.3. The Morgan fingerprint density at radius 2 is 1.84 bits per heavy atom. The van der Waals surface area contributed by atoms with Crippen LogP contribution in [0.4, 0.5) is 15.2 Å². The van der Waals surface area contributed by atoms with E-state index in [1.807, 2.05) is 18.2 Å². The molecule has 6 nitrogen and oxygen atoms in total. The summed E-state index contributed by atoms with van der Waals surface area (Å²) in [7, 11) is 0. The van der Waals surface area contributed by atoms with Gasteiger partial charge in [-0.2, -0.15) is 0 Å². The van der Waals surface area contributed by atoms with Crippen molar-refractivity contribution < 1.29 is 13.6 Å². The maximum absolute atomic E-state index is 13.0. The zero-order valence-corrected chi connectivity index (χ0v) is 13.3. The Labute approximate surface area is 143 Å². The van der Waals surface area contributed by atoms with Crippen molar-refractivity contribution in [2.45, 2.75) is 13.0 Å². The molecule has 0 atom stereocenters. The van der Waals surface area contributed by atoms with Crippen LogP contribution in [0.25, 0.3) is 11.5 Å². The number of nitrogens with one attached hydrogen (secondary N) is 1. The van der Waals surface area contributed by atoms with Gasteiger partial charge in [0.25, 0.3) is 0 Å². The van der Waals surface area contributed by atoms with Gasteiger partial charge in [0.1, 0.15) is 5.82 Å². The van der Waals surface area contributed by atoms with E-state index < -0.39 is 0 Å². The van der Waals surface area contributed by atoms with Crippen LogP contribution in [0.1, 0.15) is 11.1 Å². The summed E-state index contributed by atoms with van der Waals surface area (Å²) in [5.41, 5.74) is 2.99. The zero-order valence-electron chi connectivity index (χ0n) is 13.3. The van der Waals surface area contributed by atoms with Crippen LogP contribution >= 0.6 is 0 Å². The highest BCUT2D eigenvalue weighted by molar-refractivity contribution is 5.87. The molecule has 1 N–H and O–H groups in total. The van der Waals surface area contributed by atoms with Crippen LogP contribution in [0.15, 0.2) is 52.9 Å². The molecule has 2 amide bonds. The molecule has 7 heteroatoms. The molecule has 0 saturated heterocycles. The molecule has 0 bridgehead atoms. The Hall–Kier alpha value is -3.22. The van der Waals surface area contributed by atoms with E-state index in [1.54, 1.807) is 4.90 Å². The van der Waals surface area contributed by atoms with E-state index >= 15 is 0 Å². The monoisotopic (exact) mass is 338 g/mol. The van der Waals surface area contributed by atoms with Gasteiger partial charge in [-0.15, -0.1) is 5.10 Å². The topological polar surface area (TPSA) is 71.3 Å². The van der Waals surface area contributed by atoms with Gasteiger partial charge in [0.15, 0.2) is 0 Å². The number of carbonyl (C=O) groups excluding carboxylic acids is 1. The highest BCUT2D eigenvalue weighted by atomic mass is 19.1. The van der Waals surface area contributed by atoms with Crippen LogP contribution in [0, 0.1) is 5.82 Å². The molecular formula is C18H15FN4O2. The van der Waals surface area contributed by atoms with E-state index in [1.165, 1.54) is 29.8 Å². The fraction of sp³-hybridized carbons (Fsp3) is 0.167. The molecule has 1 aliphatic rings. The third kappa shape index (κ3) is 3.21. The lowest BCUT2D eigenvalue weighted by Gasteiger charge is -2.28. The molecule has 2 heterocycles. The Balaban J connectivity index is 1.44. The average Bonchev–Trinajstić information content (AvgIpc) is 3.10. The zero-order chi connectivity index (χ0) is 17.2. The normalized spacial score (nSPS) is 13.4. The van der Waals surface area contributed by atoms with Crippen molar-refractivity contribution in [1.29, 1.82) is 0 Å². The van der Waals surface area contributed by atoms with Crippen molar-refractivity contribution in [3.63, 3.8) is 0 Å². The minimum absolute atomic E-state index is 0.0168. The standard InChI is InChI=1S/C18H15FN4O2/c19-15-7-5-13(6-8-15)16-21-22-17(25-16)20-18(24)23-10-9-12-3-1-2-4-14(12)11-23/h1-8H,9-11H2,(H,20,22,24). The van der Waals surface area contributed by atoms with Crippen LogP contribution in [0.3, 0.4) is 0 Å². The van der Waals surface area contributed by atoms with Crippen LogP contribution < -0.4 is 5.32 Å². The van der Waals surface area contributed by atoms with Crippen molar-refractivity contribution in [1.82, 2.24) is 15.1 Å². The summed E-state index contributed by atoms with van der Waals surface area (Å²) in [5.74, 6) is -0.124. The smallest absolute Gasteiger partial charge is 0.325 e. The van der Waals surface area contributed by atoms with Gasteiger partial charge >= 0.3 is 12.0 Å². The van der Waals surface area contributed by atoms with E-state index in [-0.39, 0.29) is 23.8 Å². The molecule has 25 heavy (non-hydrogen) atoms. The van der Waals surface area contributed by atoms with Crippen LogP contribution in [0.5, 0.6) is 0 Å². The SMILES string of the molecule is O=C(Nc1nnc(-c2ccc(F)cc2)o1)N1CCc2ccccc2C1. The summed E-state index contributed by atoms with van der Waals surface area (Å²) < 4.78 is 18.4. The lowest BCUT2D eigenvalue weighted by molar-refractivity contribution is 0.205. The largest absolute Gasteiger partial charge is 0.403 e. The minimum Gasteiger partial charge on any atom is -0.403 e. The number of nitrogens with zero attached hydrogens (tertiary/aromatic N) is 3. The van der Waals surface area contributed by atoms with Crippen molar-refractivity contribution in [2.24, 2.45) is 0 Å². The summed E-state index contributed by atoms with van der Waals surface area (Å²) in [6.07, 6.45) is 0.814. The van der Waals surface area contributed by atoms with Crippen LogP contribution in [0.2, 0.25) is 0 Å². The lowest BCUT2D eigenvalue weighted by atomic mass is 10.0. The van der Waals surface area contributed by atoms with Crippen molar-refractivity contribution in [2.75, 3.05) is 11.9 Å². The predicted octanol–water partition coefficient (Wildman–Crippen LogP) is 3.47. The quantitative estimate of drug-likeness (QED) is 0.777. The van der Waals surface area contributed by atoms with Gasteiger partial charge in [0, 0.05) is 18.7 Å².